The van der Waals surface area contributed by atoms with E-state index >= 15 is 0 Å². The van der Waals surface area contributed by atoms with E-state index in [2.05, 4.69) is 35.4 Å². The standard InChI is InChI=1S/C23H32N4O2S/c1-4-26(5-2)12-13-27(16-20-7-6-14-30-20)23(29)25-21-15-18(9-8-17(21)3)22(28)24-19-10-11-19/h6-9,14-15,19H,4-5,10-13,16H2,1-3H3,(H,24,28)(H,25,29). The van der Waals surface area contributed by atoms with Crippen molar-refractivity contribution < 1.29 is 9.59 Å². The Morgan fingerprint density at radius 3 is 2.53 bits per heavy atom. The van der Waals surface area contributed by atoms with Crippen LogP contribution in [0, 0.1) is 6.92 Å². The van der Waals surface area contributed by atoms with Crippen LogP contribution in [0.5, 0.6) is 0 Å². The second-order valence-electron chi connectivity index (χ2n) is 7.74. The molecule has 0 saturated heterocycles. The van der Waals surface area contributed by atoms with Crippen molar-refractivity contribution in [3.05, 3.63) is 51.7 Å². The van der Waals surface area contributed by atoms with E-state index in [0.29, 0.717) is 30.4 Å². The first kappa shape index (κ1) is 22.3. The van der Waals surface area contributed by atoms with Gasteiger partial charge in [0.2, 0.25) is 0 Å². The summed E-state index contributed by atoms with van der Waals surface area (Å²) in [4.78, 5) is 30.9. The summed E-state index contributed by atoms with van der Waals surface area (Å²) in [5.74, 6) is -0.0787. The average Bonchev–Trinajstić information content (AvgIpc) is 3.40. The zero-order chi connectivity index (χ0) is 21.5. The van der Waals surface area contributed by atoms with Gasteiger partial charge in [-0.3, -0.25) is 4.79 Å². The lowest BCUT2D eigenvalue weighted by Gasteiger charge is -2.26. The Morgan fingerprint density at radius 1 is 1.13 bits per heavy atom. The lowest BCUT2D eigenvalue weighted by Crippen LogP contribution is -2.40. The van der Waals surface area contributed by atoms with E-state index in [4.69, 9.17) is 0 Å². The molecule has 1 aliphatic carbocycles. The molecule has 1 saturated carbocycles. The molecule has 0 radical (unpaired) electrons. The predicted molar refractivity (Wildman–Crippen MR) is 123 cm³/mol. The number of hydrogen-bond donors (Lipinski definition) is 2. The van der Waals surface area contributed by atoms with Crippen molar-refractivity contribution >= 4 is 29.0 Å². The Labute approximate surface area is 183 Å². The summed E-state index contributed by atoms with van der Waals surface area (Å²) in [5.41, 5.74) is 2.20. The van der Waals surface area contributed by atoms with Gasteiger partial charge >= 0.3 is 6.03 Å². The maximum atomic E-state index is 13.1. The summed E-state index contributed by atoms with van der Waals surface area (Å²) in [7, 11) is 0. The number of hydrogen-bond acceptors (Lipinski definition) is 4. The van der Waals surface area contributed by atoms with Crippen LogP contribution >= 0.6 is 11.3 Å². The zero-order valence-corrected chi connectivity index (χ0v) is 18.9. The lowest BCUT2D eigenvalue weighted by atomic mass is 10.1. The largest absolute Gasteiger partial charge is 0.349 e. The number of rotatable bonds is 10. The van der Waals surface area contributed by atoms with Gasteiger partial charge in [0.25, 0.3) is 5.91 Å². The minimum absolute atomic E-state index is 0.0787. The maximum absolute atomic E-state index is 13.1. The van der Waals surface area contributed by atoms with Gasteiger partial charge < -0.3 is 20.4 Å². The van der Waals surface area contributed by atoms with Gasteiger partial charge in [-0.15, -0.1) is 11.3 Å². The zero-order valence-electron chi connectivity index (χ0n) is 18.1. The number of amides is 3. The molecule has 162 valence electrons. The second-order valence-corrected chi connectivity index (χ2v) is 8.77. The topological polar surface area (TPSA) is 64.7 Å². The fraction of sp³-hybridized carbons (Fsp3) is 0.478. The van der Waals surface area contributed by atoms with Crippen molar-refractivity contribution in [1.82, 2.24) is 15.1 Å². The third kappa shape index (κ3) is 6.31. The van der Waals surface area contributed by atoms with Crippen LogP contribution in [0.3, 0.4) is 0 Å². The van der Waals surface area contributed by atoms with Crippen LogP contribution in [0.2, 0.25) is 0 Å². The number of likely N-dealkylation sites (N-methyl/N-ethyl adjacent to an activating group) is 1. The average molecular weight is 429 g/mol. The van der Waals surface area contributed by atoms with Gasteiger partial charge in [0.05, 0.1) is 6.54 Å². The van der Waals surface area contributed by atoms with E-state index in [1.807, 2.05) is 35.4 Å². The summed E-state index contributed by atoms with van der Waals surface area (Å²) in [6, 6.07) is 9.70. The summed E-state index contributed by atoms with van der Waals surface area (Å²) in [6.07, 6.45) is 2.09. The van der Waals surface area contributed by atoms with Crippen LogP contribution in [-0.2, 0) is 6.54 Å². The van der Waals surface area contributed by atoms with E-state index in [9.17, 15) is 9.59 Å². The molecule has 30 heavy (non-hydrogen) atoms. The number of carbonyl (C=O) groups is 2. The van der Waals surface area contributed by atoms with E-state index in [0.717, 1.165) is 42.9 Å². The number of nitrogens with zero attached hydrogens (tertiary/aromatic N) is 2. The van der Waals surface area contributed by atoms with Gasteiger partial charge in [-0.25, -0.2) is 4.79 Å². The Bertz CT molecular complexity index is 845. The molecule has 1 heterocycles. The van der Waals surface area contributed by atoms with E-state index in [1.54, 1.807) is 17.4 Å². The molecule has 7 heteroatoms. The molecule has 0 atom stereocenters. The highest BCUT2D eigenvalue weighted by Crippen LogP contribution is 2.22. The van der Waals surface area contributed by atoms with Crippen LogP contribution in [0.1, 0.15) is 47.5 Å². The smallest absolute Gasteiger partial charge is 0.322 e. The molecule has 3 rings (SSSR count). The van der Waals surface area contributed by atoms with Crippen LogP contribution < -0.4 is 10.6 Å². The first-order chi connectivity index (χ1) is 14.5. The highest BCUT2D eigenvalue weighted by Gasteiger charge is 2.24. The first-order valence-electron chi connectivity index (χ1n) is 10.7. The molecule has 0 bridgehead atoms. The summed E-state index contributed by atoms with van der Waals surface area (Å²) in [6.45, 7) is 10.2. The molecular formula is C23H32N4O2S. The fourth-order valence-electron chi connectivity index (χ4n) is 3.23. The Morgan fingerprint density at radius 2 is 1.90 bits per heavy atom. The summed E-state index contributed by atoms with van der Waals surface area (Å²) < 4.78 is 0. The predicted octanol–water partition coefficient (Wildman–Crippen LogP) is 4.32. The fourth-order valence-corrected chi connectivity index (χ4v) is 3.95. The molecule has 2 aromatic rings. The number of carbonyl (C=O) groups excluding carboxylic acids is 2. The number of anilines is 1. The molecule has 0 aliphatic heterocycles. The SMILES string of the molecule is CCN(CC)CCN(Cc1cccs1)C(=O)Nc1cc(C(=O)NC2CC2)ccc1C. The van der Waals surface area contributed by atoms with Crippen molar-refractivity contribution in [3.8, 4) is 0 Å². The molecule has 2 N–H and O–H groups in total. The van der Waals surface area contributed by atoms with Crippen molar-refractivity contribution in [3.63, 3.8) is 0 Å². The van der Waals surface area contributed by atoms with Gasteiger partial charge in [-0.2, -0.15) is 0 Å². The van der Waals surface area contributed by atoms with Crippen LogP contribution in [0.15, 0.2) is 35.7 Å². The summed E-state index contributed by atoms with van der Waals surface area (Å²) >= 11 is 1.65. The van der Waals surface area contributed by atoms with Crippen molar-refractivity contribution in [2.45, 2.75) is 46.2 Å². The number of nitrogens with one attached hydrogen (secondary N) is 2. The van der Waals surface area contributed by atoms with Crippen molar-refractivity contribution in [1.29, 1.82) is 0 Å². The highest BCUT2D eigenvalue weighted by atomic mass is 32.1. The first-order valence-corrected chi connectivity index (χ1v) is 11.6. The molecule has 0 unspecified atom stereocenters. The third-order valence-electron chi connectivity index (χ3n) is 5.45. The van der Waals surface area contributed by atoms with Crippen LogP contribution in [0.4, 0.5) is 10.5 Å². The van der Waals surface area contributed by atoms with E-state index in [1.165, 1.54) is 0 Å². The Kier molecular flexibility index (Phi) is 7.87. The van der Waals surface area contributed by atoms with Crippen LogP contribution in [-0.4, -0.2) is 54.0 Å². The third-order valence-corrected chi connectivity index (χ3v) is 6.31. The Balaban J connectivity index is 1.70. The quantitative estimate of drug-likeness (QED) is 0.592. The molecular weight excluding hydrogens is 396 g/mol. The minimum Gasteiger partial charge on any atom is -0.349 e. The van der Waals surface area contributed by atoms with E-state index < -0.39 is 0 Å². The lowest BCUT2D eigenvalue weighted by molar-refractivity contribution is 0.0951. The number of benzene rings is 1. The normalized spacial score (nSPS) is 13.3. The molecule has 1 fully saturated rings. The number of aryl methyl sites for hydroxylation is 1. The second kappa shape index (κ2) is 10.6. The molecule has 0 spiro atoms. The highest BCUT2D eigenvalue weighted by molar-refractivity contribution is 7.09. The molecule has 1 aromatic carbocycles. The summed E-state index contributed by atoms with van der Waals surface area (Å²) in [5, 5.41) is 8.07. The van der Waals surface area contributed by atoms with Gasteiger partial charge in [0.15, 0.2) is 0 Å². The molecule has 6 nitrogen and oxygen atoms in total. The van der Waals surface area contributed by atoms with Gasteiger partial charge in [-0.1, -0.05) is 26.0 Å². The molecule has 1 aromatic heterocycles. The Hall–Kier alpha value is -2.38. The number of thiophene rings is 1. The van der Waals surface area contributed by atoms with Crippen molar-refractivity contribution in [2.24, 2.45) is 0 Å². The van der Waals surface area contributed by atoms with Gasteiger partial charge in [-0.05, 0) is 62.0 Å². The van der Waals surface area contributed by atoms with Gasteiger partial charge in [0, 0.05) is 35.3 Å². The van der Waals surface area contributed by atoms with Crippen LogP contribution in [0.25, 0.3) is 0 Å². The monoisotopic (exact) mass is 428 g/mol. The van der Waals surface area contributed by atoms with E-state index in [-0.39, 0.29) is 11.9 Å². The van der Waals surface area contributed by atoms with Crippen molar-refractivity contribution in [2.75, 3.05) is 31.5 Å². The minimum atomic E-state index is -0.140. The maximum Gasteiger partial charge on any atom is 0.322 e. The molecule has 1 aliphatic rings. The van der Waals surface area contributed by atoms with Gasteiger partial charge in [0.1, 0.15) is 0 Å². The molecule has 3 amide bonds. The number of urea groups is 1.